The minimum atomic E-state index is -1.21. The predicted molar refractivity (Wildman–Crippen MR) is 205 cm³/mol. The molecule has 49 heavy (non-hydrogen) atoms. The number of carbonyl (C=O) groups excluding carboxylic acids is 1. The molecule has 0 unspecified atom stereocenters. The lowest BCUT2D eigenvalue weighted by Gasteiger charge is -2.16. The van der Waals surface area contributed by atoms with Crippen LogP contribution in [0.3, 0.4) is 0 Å². The van der Waals surface area contributed by atoms with E-state index in [0.29, 0.717) is 42.9 Å². The van der Waals surface area contributed by atoms with Crippen LogP contribution in [-0.4, -0.2) is 60.7 Å². The lowest BCUT2D eigenvalue weighted by atomic mass is 10.2. The molecule has 0 atom stereocenters. The van der Waals surface area contributed by atoms with Crippen LogP contribution in [-0.2, 0) is 22.6 Å². The van der Waals surface area contributed by atoms with Crippen LogP contribution in [0.15, 0.2) is 53.5 Å². The van der Waals surface area contributed by atoms with Gasteiger partial charge in [0.15, 0.2) is 38.8 Å². The molecule has 3 heterocycles. The van der Waals surface area contributed by atoms with Gasteiger partial charge in [0.1, 0.15) is 6.73 Å². The van der Waals surface area contributed by atoms with Gasteiger partial charge in [-0.2, -0.15) is 4.99 Å². The summed E-state index contributed by atoms with van der Waals surface area (Å²) in [6, 6.07) is 16.0. The van der Waals surface area contributed by atoms with Crippen LogP contribution in [0, 0.1) is 16.3 Å². The van der Waals surface area contributed by atoms with Crippen LogP contribution in [0.5, 0.6) is 5.75 Å². The monoisotopic (exact) mass is 834 g/mol. The third-order valence-electron chi connectivity index (χ3n) is 7.44. The Labute approximate surface area is 308 Å². The van der Waals surface area contributed by atoms with Gasteiger partial charge in [-0.05, 0) is 97.3 Å². The molecule has 0 aliphatic heterocycles. The van der Waals surface area contributed by atoms with Crippen LogP contribution in [0.2, 0.25) is 25.7 Å². The van der Waals surface area contributed by atoms with Crippen LogP contribution in [0.4, 0.5) is 21.2 Å². The summed E-state index contributed by atoms with van der Waals surface area (Å²) in [7, 11) is 0.622. The average Bonchev–Trinajstić information content (AvgIpc) is 3.64. The van der Waals surface area contributed by atoms with Gasteiger partial charge in [-0.1, -0.05) is 43.1 Å². The normalized spacial score (nSPS) is 12.1. The Balaban J connectivity index is 1.34. The maximum Gasteiger partial charge on any atom is 0.358 e. The number of rotatable bonds is 15. The average molecular weight is 835 g/mol. The maximum atomic E-state index is 14.2. The number of hydrogen-bond donors (Lipinski definition) is 0. The first-order valence-corrected chi connectivity index (χ1v) is 22.4. The molecule has 260 valence electrons. The molecule has 10 nitrogen and oxygen atoms in total. The summed E-state index contributed by atoms with van der Waals surface area (Å²) in [4.78, 5) is 25.7. The van der Waals surface area contributed by atoms with Crippen LogP contribution in [0.25, 0.3) is 10.2 Å². The van der Waals surface area contributed by atoms with Crippen molar-refractivity contribution in [2.45, 2.75) is 59.1 Å². The van der Waals surface area contributed by atoms with E-state index in [-0.39, 0.29) is 24.7 Å². The Morgan fingerprint density at radius 2 is 1.90 bits per heavy atom. The fraction of sp³-hybridized carbons (Fsp3) is 0.382. The summed E-state index contributed by atoms with van der Waals surface area (Å²) in [6.45, 7) is 12.4. The molecule has 15 heteroatoms. The van der Waals surface area contributed by atoms with Crippen molar-refractivity contribution in [1.82, 2.24) is 19.7 Å². The highest BCUT2D eigenvalue weighted by molar-refractivity contribution is 14.1. The molecule has 0 saturated carbocycles. The van der Waals surface area contributed by atoms with Gasteiger partial charge in [-0.15, -0.1) is 21.5 Å². The Morgan fingerprint density at radius 3 is 2.63 bits per heavy atom. The molecule has 0 aliphatic rings. The van der Waals surface area contributed by atoms with Gasteiger partial charge in [-0.25, -0.2) is 14.2 Å². The molecule has 0 radical (unpaired) electrons. The van der Waals surface area contributed by atoms with Crippen molar-refractivity contribution in [1.29, 1.82) is 0 Å². The summed E-state index contributed by atoms with van der Waals surface area (Å²) in [6.07, 6.45) is 1.06. The number of para-hydroxylation sites is 1. The standard InChI is InChI=1S/C34H40FIN6O4S2Si/c1-7-45-32(43)30-28(13-10-16-46-26-15-14-23(36)20-24(26)35)48-33(37-30)41(3)29-19-22(2)31(40-39-29)38-34-42(21-44-17-18-49(4,5)6)25-11-8-9-12-27(25)47-34/h8-9,11-12,14-15,19-20H,7,10,13,16-18,21H2,1-6H3. The van der Waals surface area contributed by atoms with Gasteiger partial charge in [-0.3, -0.25) is 4.57 Å². The van der Waals surface area contributed by atoms with E-state index in [4.69, 9.17) is 19.2 Å². The highest BCUT2D eigenvalue weighted by atomic mass is 127. The Morgan fingerprint density at radius 1 is 1.10 bits per heavy atom. The topological polar surface area (TPSA) is 104 Å². The number of nitrogens with zero attached hydrogens (tertiary/aromatic N) is 6. The van der Waals surface area contributed by atoms with Gasteiger partial charge in [0.05, 0.1) is 23.4 Å². The molecular weight excluding hydrogens is 795 g/mol. The molecule has 0 saturated heterocycles. The number of carbonyl (C=O) groups is 1. The summed E-state index contributed by atoms with van der Waals surface area (Å²) in [5.41, 5.74) is 2.15. The second-order valence-corrected chi connectivity index (χ2v) is 21.5. The molecule has 5 aromatic rings. The van der Waals surface area contributed by atoms with E-state index >= 15 is 0 Å². The van der Waals surface area contributed by atoms with Crippen molar-refractivity contribution in [3.05, 3.63) is 78.9 Å². The first-order chi connectivity index (χ1) is 23.4. The van der Waals surface area contributed by atoms with Crippen molar-refractivity contribution in [2.24, 2.45) is 4.99 Å². The van der Waals surface area contributed by atoms with Crippen LogP contribution < -0.4 is 14.4 Å². The Bertz CT molecular complexity index is 1990. The zero-order chi connectivity index (χ0) is 35.1. The lowest BCUT2D eigenvalue weighted by Crippen LogP contribution is -2.23. The molecule has 0 aliphatic carbocycles. The van der Waals surface area contributed by atoms with E-state index in [1.165, 1.54) is 17.4 Å². The first-order valence-electron chi connectivity index (χ1n) is 16.0. The molecule has 0 N–H and O–H groups in total. The number of fused-ring (bicyclic) bond motifs is 1. The van der Waals surface area contributed by atoms with Crippen LogP contribution in [0.1, 0.15) is 34.3 Å². The smallest absolute Gasteiger partial charge is 0.358 e. The summed E-state index contributed by atoms with van der Waals surface area (Å²) < 4.78 is 35.3. The van der Waals surface area contributed by atoms with Crippen molar-refractivity contribution in [2.75, 3.05) is 31.8 Å². The van der Waals surface area contributed by atoms with Crippen molar-refractivity contribution < 1.29 is 23.4 Å². The van der Waals surface area contributed by atoms with E-state index in [1.807, 2.05) is 32.2 Å². The van der Waals surface area contributed by atoms with E-state index in [9.17, 15) is 9.18 Å². The quantitative estimate of drug-likeness (QED) is 0.0448. The maximum absolute atomic E-state index is 14.2. The van der Waals surface area contributed by atoms with Gasteiger partial charge < -0.3 is 19.1 Å². The zero-order valence-corrected chi connectivity index (χ0v) is 33.2. The van der Waals surface area contributed by atoms with Gasteiger partial charge in [0.2, 0.25) is 0 Å². The first kappa shape index (κ1) is 37.0. The summed E-state index contributed by atoms with van der Waals surface area (Å²) in [5.74, 6) is 0.379. The molecule has 0 spiro atoms. The van der Waals surface area contributed by atoms with Gasteiger partial charge >= 0.3 is 5.97 Å². The summed E-state index contributed by atoms with van der Waals surface area (Å²) >= 11 is 5.01. The number of hydrogen-bond acceptors (Lipinski definition) is 11. The number of aryl methyl sites for hydroxylation is 2. The second kappa shape index (κ2) is 16.6. The Kier molecular flexibility index (Phi) is 12.6. The molecule has 3 aromatic heterocycles. The molecule has 0 fully saturated rings. The minimum Gasteiger partial charge on any atom is -0.491 e. The third-order valence-corrected chi connectivity index (χ3v) is 12.1. The van der Waals surface area contributed by atoms with E-state index in [2.05, 4.69) is 74.1 Å². The predicted octanol–water partition coefficient (Wildman–Crippen LogP) is 8.50. The number of ether oxygens (including phenoxy) is 3. The van der Waals surface area contributed by atoms with Crippen molar-refractivity contribution in [3.8, 4) is 5.75 Å². The number of esters is 1. The summed E-state index contributed by atoms with van der Waals surface area (Å²) in [5, 5.41) is 9.55. The fourth-order valence-electron chi connectivity index (χ4n) is 4.71. The number of benzene rings is 2. The largest absolute Gasteiger partial charge is 0.491 e. The molecule has 5 rings (SSSR count). The highest BCUT2D eigenvalue weighted by Crippen LogP contribution is 2.32. The van der Waals surface area contributed by atoms with E-state index < -0.39 is 19.9 Å². The van der Waals surface area contributed by atoms with Crippen molar-refractivity contribution >= 4 is 86.3 Å². The number of halogens is 2. The third kappa shape index (κ3) is 9.71. The lowest BCUT2D eigenvalue weighted by molar-refractivity contribution is 0.0519. The van der Waals surface area contributed by atoms with Crippen LogP contribution >= 0.6 is 45.3 Å². The molecule has 0 bridgehead atoms. The fourth-order valence-corrected chi connectivity index (χ4v) is 8.00. The second-order valence-electron chi connectivity index (χ2n) is 12.5. The molecule has 2 aromatic carbocycles. The zero-order valence-electron chi connectivity index (χ0n) is 28.5. The SMILES string of the molecule is CCOC(=O)c1nc(N(C)c2cc(C)c(N=c3sc4ccccc4n3COCC[Si](C)(C)C)nn2)sc1CCCOc1ccc(I)cc1F. The highest BCUT2D eigenvalue weighted by Gasteiger charge is 2.23. The van der Waals surface area contributed by atoms with E-state index in [0.717, 1.165) is 35.1 Å². The minimum absolute atomic E-state index is 0.202. The van der Waals surface area contributed by atoms with Crippen molar-refractivity contribution in [3.63, 3.8) is 0 Å². The molecule has 0 amide bonds. The van der Waals surface area contributed by atoms with Gasteiger partial charge in [0, 0.05) is 30.2 Å². The Hall–Kier alpha value is -3.25. The molecular formula is C34H40FIN6O4S2Si. The number of anilines is 2. The number of aromatic nitrogens is 4. The van der Waals surface area contributed by atoms with E-state index in [1.54, 1.807) is 35.3 Å². The van der Waals surface area contributed by atoms with Gasteiger partial charge in [0.25, 0.3) is 0 Å². The number of thiazole rings is 2.